The van der Waals surface area contributed by atoms with Crippen LogP contribution in [0, 0.1) is 0 Å². The maximum absolute atomic E-state index is 2.56. The topological polar surface area (TPSA) is 0 Å². The molecule has 140 valence electrons. The number of rotatable bonds is 6. The summed E-state index contributed by atoms with van der Waals surface area (Å²) in [6, 6.07) is 39.2. The van der Waals surface area contributed by atoms with Crippen molar-refractivity contribution in [1.82, 2.24) is 0 Å². The largest absolute Gasteiger partial charge is 0.0688 e. The normalized spacial score (nSPS) is 12.8. The highest BCUT2D eigenvalue weighted by atomic mass is 31.1. The van der Waals surface area contributed by atoms with E-state index in [0.29, 0.717) is 0 Å². The summed E-state index contributed by atoms with van der Waals surface area (Å²) >= 11 is 0. The molecule has 0 bridgehead atoms. The third-order valence-corrected chi connectivity index (χ3v) is 13.2. The molecule has 1 unspecified atom stereocenters. The lowest BCUT2D eigenvalue weighted by Gasteiger charge is -2.30. The maximum Gasteiger partial charge on any atom is 0.0566 e. The van der Waals surface area contributed by atoms with Gasteiger partial charge in [0.1, 0.15) is 0 Å². The van der Waals surface area contributed by atoms with Crippen LogP contribution in [0.2, 0.25) is 13.1 Å². The molecule has 0 nitrogen and oxygen atoms in total. The van der Waals surface area contributed by atoms with Crippen molar-refractivity contribution in [1.29, 1.82) is 0 Å². The van der Waals surface area contributed by atoms with E-state index in [1.807, 2.05) is 0 Å². The van der Waals surface area contributed by atoms with Gasteiger partial charge in [0.15, 0.2) is 0 Å². The molecule has 2 heteroatoms. The smallest absolute Gasteiger partial charge is 0.0566 e. The van der Waals surface area contributed by atoms with Gasteiger partial charge >= 0.3 is 0 Å². The summed E-state index contributed by atoms with van der Waals surface area (Å²) in [5.74, 6) is 1.31. The van der Waals surface area contributed by atoms with Gasteiger partial charge in [-0.15, -0.1) is 0 Å². The van der Waals surface area contributed by atoms with Crippen molar-refractivity contribution in [2.45, 2.75) is 19.1 Å². The average Bonchev–Trinajstić information content (AvgIpc) is 2.73. The van der Waals surface area contributed by atoms with E-state index < -0.39 is 8.07 Å². The molecule has 4 aromatic rings. The summed E-state index contributed by atoms with van der Waals surface area (Å²) < 4.78 is 0. The molecule has 0 N–H and O–H groups in total. The van der Waals surface area contributed by atoms with Crippen LogP contribution in [0.25, 0.3) is 10.8 Å². The monoisotopic (exact) mass is 398 g/mol. The Bertz CT molecular complexity index is 1040. The van der Waals surface area contributed by atoms with E-state index in [4.69, 9.17) is 0 Å². The maximum atomic E-state index is 2.56. The van der Waals surface area contributed by atoms with E-state index >= 15 is 0 Å². The van der Waals surface area contributed by atoms with Crippen LogP contribution >= 0.6 is 7.92 Å². The summed E-state index contributed by atoms with van der Waals surface area (Å²) in [5, 5.41) is 5.81. The molecular weight excluding hydrogens is 371 g/mol. The second-order valence-corrected chi connectivity index (χ2v) is 16.0. The van der Waals surface area contributed by atoms with Crippen molar-refractivity contribution in [2.75, 3.05) is 5.79 Å². The molecule has 0 aliphatic carbocycles. The Morgan fingerprint density at radius 3 is 2.00 bits per heavy atom. The Labute approximate surface area is 171 Å². The molecule has 4 rings (SSSR count). The molecule has 0 amide bonds. The lowest BCUT2D eigenvalue weighted by molar-refractivity contribution is 1.30. The van der Waals surface area contributed by atoms with E-state index in [0.717, 1.165) is 0 Å². The van der Waals surface area contributed by atoms with Crippen molar-refractivity contribution >= 4 is 37.4 Å². The summed E-state index contributed by atoms with van der Waals surface area (Å²) in [5.41, 5.74) is 1.49. The highest BCUT2D eigenvalue weighted by Gasteiger charge is 2.28. The van der Waals surface area contributed by atoms with Gasteiger partial charge in [-0.2, -0.15) is 0 Å². The summed E-state index contributed by atoms with van der Waals surface area (Å²) in [6.45, 7) is 5.12. The summed E-state index contributed by atoms with van der Waals surface area (Å²) in [7, 11) is -1.80. The highest BCUT2D eigenvalue weighted by Crippen LogP contribution is 2.39. The van der Waals surface area contributed by atoms with Crippen molar-refractivity contribution in [3.05, 3.63) is 109 Å². The van der Waals surface area contributed by atoms with Crippen LogP contribution in [-0.2, 0) is 6.04 Å². The minimum atomic E-state index is -1.43. The third kappa shape index (κ3) is 4.43. The standard InChI is InChI=1S/C26H27PSi/c1-28(2,20-22-12-5-3-6-13-22)21-27(24-16-7-4-8-17-24)26-19-11-15-23-14-9-10-18-25(23)26/h3-19H,20-21H2,1-2H3. The zero-order valence-electron chi connectivity index (χ0n) is 16.7. The fourth-order valence-electron chi connectivity index (χ4n) is 4.00. The molecule has 0 spiro atoms. The molecule has 0 aliphatic heterocycles. The first-order valence-electron chi connectivity index (χ1n) is 9.97. The Morgan fingerprint density at radius 2 is 1.25 bits per heavy atom. The molecule has 0 saturated carbocycles. The van der Waals surface area contributed by atoms with Crippen LogP contribution < -0.4 is 10.6 Å². The van der Waals surface area contributed by atoms with E-state index in [1.165, 1.54) is 38.8 Å². The van der Waals surface area contributed by atoms with E-state index in [-0.39, 0.29) is 7.92 Å². The molecule has 1 atom stereocenters. The van der Waals surface area contributed by atoms with Crippen LogP contribution in [0.4, 0.5) is 0 Å². The van der Waals surface area contributed by atoms with E-state index in [2.05, 4.69) is 116 Å². The molecule has 0 aromatic heterocycles. The van der Waals surface area contributed by atoms with Crippen LogP contribution in [0.15, 0.2) is 103 Å². The summed E-state index contributed by atoms with van der Waals surface area (Å²) in [6.07, 6.45) is 0. The first-order chi connectivity index (χ1) is 13.6. The minimum absolute atomic E-state index is 0.373. The Morgan fingerprint density at radius 1 is 0.643 bits per heavy atom. The minimum Gasteiger partial charge on any atom is -0.0688 e. The van der Waals surface area contributed by atoms with Crippen molar-refractivity contribution in [2.24, 2.45) is 0 Å². The molecule has 0 aliphatic rings. The van der Waals surface area contributed by atoms with E-state index in [9.17, 15) is 0 Å². The fourth-order valence-corrected chi connectivity index (χ4v) is 12.2. The van der Waals surface area contributed by atoms with Gasteiger partial charge in [0.25, 0.3) is 0 Å². The Kier molecular flexibility index (Phi) is 5.76. The lowest BCUT2D eigenvalue weighted by atomic mass is 10.1. The number of hydrogen-bond donors (Lipinski definition) is 0. The molecular formula is C26H27PSi. The zero-order valence-corrected chi connectivity index (χ0v) is 18.6. The molecule has 28 heavy (non-hydrogen) atoms. The van der Waals surface area contributed by atoms with Gasteiger partial charge in [-0.3, -0.25) is 0 Å². The van der Waals surface area contributed by atoms with Gasteiger partial charge in [-0.05, 0) is 41.1 Å². The quantitative estimate of drug-likeness (QED) is 0.264. The van der Waals surface area contributed by atoms with Gasteiger partial charge in [0, 0.05) is 0 Å². The predicted molar refractivity (Wildman–Crippen MR) is 129 cm³/mol. The van der Waals surface area contributed by atoms with Gasteiger partial charge in [0.2, 0.25) is 0 Å². The molecule has 0 radical (unpaired) electrons. The van der Waals surface area contributed by atoms with Gasteiger partial charge in [-0.1, -0.05) is 122 Å². The first-order valence-corrected chi connectivity index (χ1v) is 14.9. The van der Waals surface area contributed by atoms with Crippen molar-refractivity contribution in [3.8, 4) is 0 Å². The molecule has 0 heterocycles. The van der Waals surface area contributed by atoms with Crippen LogP contribution in [0.5, 0.6) is 0 Å². The zero-order chi connectivity index (χ0) is 19.4. The highest BCUT2D eigenvalue weighted by molar-refractivity contribution is 7.75. The molecule has 4 aromatic carbocycles. The number of benzene rings is 4. The third-order valence-electron chi connectivity index (χ3n) is 5.24. The van der Waals surface area contributed by atoms with E-state index in [1.54, 1.807) is 0 Å². The van der Waals surface area contributed by atoms with Gasteiger partial charge < -0.3 is 0 Å². The second kappa shape index (κ2) is 8.43. The van der Waals surface area contributed by atoms with Crippen LogP contribution in [-0.4, -0.2) is 13.9 Å². The van der Waals surface area contributed by atoms with Crippen molar-refractivity contribution < 1.29 is 0 Å². The lowest BCUT2D eigenvalue weighted by Crippen LogP contribution is -2.37. The summed E-state index contributed by atoms with van der Waals surface area (Å²) in [4.78, 5) is 0. The predicted octanol–water partition coefficient (Wildman–Crippen LogP) is 6.30. The second-order valence-electron chi connectivity index (χ2n) is 8.25. The SMILES string of the molecule is C[Si](C)(Cc1ccccc1)CP(c1ccccc1)c1cccc2ccccc12. The first kappa shape index (κ1) is 19.1. The number of fused-ring (bicyclic) bond motifs is 1. The fraction of sp³-hybridized carbons (Fsp3) is 0.154. The van der Waals surface area contributed by atoms with Gasteiger partial charge in [-0.25, -0.2) is 0 Å². The van der Waals surface area contributed by atoms with Crippen LogP contribution in [0.1, 0.15) is 5.56 Å². The molecule has 0 saturated heterocycles. The average molecular weight is 399 g/mol. The van der Waals surface area contributed by atoms with Gasteiger partial charge in [0.05, 0.1) is 8.07 Å². The Hall–Kier alpha value is -2.21. The Balaban J connectivity index is 1.74. The van der Waals surface area contributed by atoms with Crippen LogP contribution in [0.3, 0.4) is 0 Å². The number of hydrogen-bond acceptors (Lipinski definition) is 0. The molecule has 0 fully saturated rings. The van der Waals surface area contributed by atoms with Crippen molar-refractivity contribution in [3.63, 3.8) is 0 Å².